The molecule has 1 saturated heterocycles. The molecule has 0 amide bonds. The first-order chi connectivity index (χ1) is 12.3. The fourth-order valence-corrected chi connectivity index (χ4v) is 7.40. The number of carbonyl (C=O) groups excluding carboxylic acids is 1. The summed E-state index contributed by atoms with van der Waals surface area (Å²) >= 11 is 0. The number of carbonyl (C=O) groups is 1. The monoisotopic (exact) mass is 377 g/mol. The van der Waals surface area contributed by atoms with E-state index in [4.69, 9.17) is 4.74 Å². The minimum absolute atomic E-state index is 0.123. The van der Waals surface area contributed by atoms with Crippen LogP contribution in [0.3, 0.4) is 0 Å². The zero-order valence-electron chi connectivity index (χ0n) is 14.3. The number of allylic oxidation sites excluding steroid dienone is 2. The largest absolute Gasteiger partial charge is 0.483 e. The van der Waals surface area contributed by atoms with Gasteiger partial charge in [0.1, 0.15) is 16.8 Å². The Morgan fingerprint density at radius 3 is 2.58 bits per heavy atom. The van der Waals surface area contributed by atoms with Crippen molar-refractivity contribution in [2.75, 3.05) is 5.75 Å². The van der Waals surface area contributed by atoms with Crippen LogP contribution in [0.25, 0.3) is 0 Å². The second kappa shape index (κ2) is 5.64. The van der Waals surface area contributed by atoms with Gasteiger partial charge in [-0.1, -0.05) is 30.3 Å². The van der Waals surface area contributed by atoms with Gasteiger partial charge in [0.25, 0.3) is 6.04 Å². The Bertz CT molecular complexity index is 922. The summed E-state index contributed by atoms with van der Waals surface area (Å²) in [4.78, 5) is 23.7. The number of Topliss-reactive ketones (excluding diaryl/α,β-unsaturated/α-hetero) is 1. The SMILES string of the molecule is C[C@]12OC3=C(C(=O)CCC3)[C@@H](c3ccccc3)[C@H]1S(=O)(=O)C[C@@H]2[N+](=O)[O-]. The summed E-state index contributed by atoms with van der Waals surface area (Å²) in [5, 5.41) is 10.5. The van der Waals surface area contributed by atoms with Gasteiger partial charge in [-0.25, -0.2) is 8.42 Å². The first-order valence-electron chi connectivity index (χ1n) is 8.61. The standard InChI is InChI=1S/C18H19NO6S/c1-18-14(19(21)22)10-26(23,24)17(18)15(11-6-3-2-4-7-11)16-12(20)8-5-9-13(16)25-18/h2-4,6-7,14-15,17H,5,8-10H2,1H3/t14-,15+,17+,18+/m0/s1. The molecular formula is C18H19NO6S. The van der Waals surface area contributed by atoms with Gasteiger partial charge >= 0.3 is 0 Å². The normalized spacial score (nSPS) is 35.4. The zero-order valence-corrected chi connectivity index (χ0v) is 15.1. The van der Waals surface area contributed by atoms with Crippen LogP contribution in [0.15, 0.2) is 41.7 Å². The number of benzene rings is 1. The summed E-state index contributed by atoms with van der Waals surface area (Å²) in [5.41, 5.74) is -0.418. The second-order valence-electron chi connectivity index (χ2n) is 7.34. The van der Waals surface area contributed by atoms with E-state index >= 15 is 0 Å². The van der Waals surface area contributed by atoms with E-state index < -0.39 is 43.3 Å². The molecule has 26 heavy (non-hydrogen) atoms. The molecule has 1 aliphatic carbocycles. The van der Waals surface area contributed by atoms with Crippen molar-refractivity contribution in [3.8, 4) is 0 Å². The lowest BCUT2D eigenvalue weighted by Crippen LogP contribution is -2.56. The number of fused-ring (bicyclic) bond motifs is 1. The Morgan fingerprint density at radius 1 is 1.23 bits per heavy atom. The Balaban J connectivity index is 1.99. The van der Waals surface area contributed by atoms with Crippen molar-refractivity contribution in [3.63, 3.8) is 0 Å². The highest BCUT2D eigenvalue weighted by Gasteiger charge is 2.69. The number of nitro groups is 1. The molecule has 0 N–H and O–H groups in total. The molecule has 0 saturated carbocycles. The van der Waals surface area contributed by atoms with Crippen molar-refractivity contribution < 1.29 is 22.9 Å². The van der Waals surface area contributed by atoms with Crippen molar-refractivity contribution in [1.82, 2.24) is 0 Å². The topological polar surface area (TPSA) is 104 Å². The summed E-state index contributed by atoms with van der Waals surface area (Å²) in [6, 6.07) is 7.57. The summed E-state index contributed by atoms with van der Waals surface area (Å²) in [6.07, 6.45) is 1.45. The van der Waals surface area contributed by atoms with Gasteiger partial charge in [-0.05, 0) is 18.9 Å². The van der Waals surface area contributed by atoms with E-state index in [0.717, 1.165) is 0 Å². The predicted molar refractivity (Wildman–Crippen MR) is 92.9 cm³/mol. The average molecular weight is 377 g/mol. The Labute approximate surface area is 151 Å². The summed E-state index contributed by atoms with van der Waals surface area (Å²) in [7, 11) is -3.82. The van der Waals surface area contributed by atoms with Gasteiger partial charge < -0.3 is 4.74 Å². The molecule has 1 aromatic rings. The van der Waals surface area contributed by atoms with Crippen LogP contribution in [0.4, 0.5) is 0 Å². The molecule has 7 nitrogen and oxygen atoms in total. The molecule has 0 radical (unpaired) electrons. The minimum Gasteiger partial charge on any atom is -0.483 e. The van der Waals surface area contributed by atoms with Crippen LogP contribution in [0.2, 0.25) is 0 Å². The van der Waals surface area contributed by atoms with Crippen LogP contribution < -0.4 is 0 Å². The zero-order chi connectivity index (χ0) is 18.7. The number of nitrogens with zero attached hydrogens (tertiary/aromatic N) is 1. The van der Waals surface area contributed by atoms with Gasteiger partial charge in [-0.2, -0.15) is 0 Å². The van der Waals surface area contributed by atoms with E-state index in [-0.39, 0.29) is 5.78 Å². The number of ether oxygens (including phenoxy) is 1. The first-order valence-corrected chi connectivity index (χ1v) is 10.3. The molecule has 0 bridgehead atoms. The molecule has 0 aromatic heterocycles. The number of hydrogen-bond donors (Lipinski definition) is 0. The van der Waals surface area contributed by atoms with Crippen molar-refractivity contribution in [2.45, 2.75) is 49.0 Å². The summed E-state index contributed by atoms with van der Waals surface area (Å²) in [5.74, 6) is -0.994. The van der Waals surface area contributed by atoms with E-state index in [0.29, 0.717) is 36.2 Å². The van der Waals surface area contributed by atoms with Crippen LogP contribution in [-0.2, 0) is 19.4 Å². The lowest BCUT2D eigenvalue weighted by Gasteiger charge is -2.44. The van der Waals surface area contributed by atoms with Gasteiger partial charge in [0, 0.05) is 29.3 Å². The third-order valence-electron chi connectivity index (χ3n) is 5.78. The van der Waals surface area contributed by atoms with E-state index in [1.165, 1.54) is 6.92 Å². The maximum absolute atomic E-state index is 13.0. The van der Waals surface area contributed by atoms with Gasteiger partial charge in [-0.15, -0.1) is 0 Å². The molecule has 1 aromatic carbocycles. The second-order valence-corrected chi connectivity index (χ2v) is 9.51. The van der Waals surface area contributed by atoms with Gasteiger partial charge in [0.05, 0.1) is 0 Å². The molecule has 4 rings (SSSR count). The maximum atomic E-state index is 13.0. The molecule has 0 spiro atoms. The number of ketones is 1. The highest BCUT2D eigenvalue weighted by atomic mass is 32.2. The third kappa shape index (κ3) is 2.31. The highest BCUT2D eigenvalue weighted by Crippen LogP contribution is 2.53. The fourth-order valence-electron chi connectivity index (χ4n) is 4.68. The van der Waals surface area contributed by atoms with Crippen LogP contribution in [0.1, 0.15) is 37.7 Å². The predicted octanol–water partition coefficient (Wildman–Crippen LogP) is 2.01. The van der Waals surface area contributed by atoms with E-state index in [1.54, 1.807) is 24.3 Å². The fraction of sp³-hybridized carbons (Fsp3) is 0.500. The quantitative estimate of drug-likeness (QED) is 0.577. The Kier molecular flexibility index (Phi) is 3.73. The summed E-state index contributed by atoms with van der Waals surface area (Å²) in [6.45, 7) is 1.51. The van der Waals surface area contributed by atoms with Crippen molar-refractivity contribution >= 4 is 15.6 Å². The van der Waals surface area contributed by atoms with Crippen LogP contribution in [-0.4, -0.2) is 41.8 Å². The van der Waals surface area contributed by atoms with Crippen LogP contribution in [0.5, 0.6) is 0 Å². The molecule has 138 valence electrons. The average Bonchev–Trinajstić information content (AvgIpc) is 2.80. The molecule has 2 heterocycles. The first kappa shape index (κ1) is 17.2. The molecule has 1 fully saturated rings. The van der Waals surface area contributed by atoms with Crippen molar-refractivity contribution in [1.29, 1.82) is 0 Å². The number of rotatable bonds is 2. The lowest BCUT2D eigenvalue weighted by molar-refractivity contribution is -0.537. The van der Waals surface area contributed by atoms with Gasteiger partial charge in [-0.3, -0.25) is 14.9 Å². The minimum atomic E-state index is -3.82. The van der Waals surface area contributed by atoms with Crippen LogP contribution in [0, 0.1) is 10.1 Å². The number of hydrogen-bond acceptors (Lipinski definition) is 6. The molecule has 8 heteroatoms. The Hall–Kier alpha value is -2.22. The van der Waals surface area contributed by atoms with E-state index in [9.17, 15) is 23.3 Å². The van der Waals surface area contributed by atoms with Crippen LogP contribution >= 0.6 is 0 Å². The third-order valence-corrected chi connectivity index (χ3v) is 8.08. The van der Waals surface area contributed by atoms with Gasteiger partial charge in [0.15, 0.2) is 21.2 Å². The van der Waals surface area contributed by atoms with E-state index in [1.807, 2.05) is 6.07 Å². The smallest absolute Gasteiger partial charge is 0.266 e. The molecular weight excluding hydrogens is 358 g/mol. The summed E-state index contributed by atoms with van der Waals surface area (Å²) < 4.78 is 31.9. The van der Waals surface area contributed by atoms with E-state index in [2.05, 4.69) is 0 Å². The van der Waals surface area contributed by atoms with Gasteiger partial charge in [0.2, 0.25) is 0 Å². The maximum Gasteiger partial charge on any atom is 0.266 e. The highest BCUT2D eigenvalue weighted by molar-refractivity contribution is 7.92. The Morgan fingerprint density at radius 2 is 1.92 bits per heavy atom. The number of sulfone groups is 1. The molecule has 4 atom stereocenters. The molecule has 3 aliphatic rings. The molecule has 0 unspecified atom stereocenters. The lowest BCUT2D eigenvalue weighted by atomic mass is 9.73. The molecule has 2 aliphatic heterocycles. The van der Waals surface area contributed by atoms with Crippen molar-refractivity contribution in [2.24, 2.45) is 0 Å². The van der Waals surface area contributed by atoms with Crippen molar-refractivity contribution in [3.05, 3.63) is 57.3 Å².